The molecule has 40 heavy (non-hydrogen) atoms. The van der Waals surface area contributed by atoms with Crippen molar-refractivity contribution >= 4 is 18.2 Å². The van der Waals surface area contributed by atoms with Crippen molar-refractivity contribution in [1.29, 1.82) is 0 Å². The Morgan fingerprint density at radius 3 is 2.02 bits per heavy atom. The van der Waals surface area contributed by atoms with E-state index in [2.05, 4.69) is 15.3 Å². The van der Waals surface area contributed by atoms with E-state index in [1.54, 1.807) is 0 Å². The second-order valence-corrected chi connectivity index (χ2v) is 9.89. The summed E-state index contributed by atoms with van der Waals surface area (Å²) < 4.78 is 22.9. The van der Waals surface area contributed by atoms with Crippen molar-refractivity contribution in [3.05, 3.63) is 0 Å². The second-order valence-electron chi connectivity index (χ2n) is 9.89. The highest BCUT2D eigenvalue weighted by Crippen LogP contribution is 2.38. The molecule has 19 nitrogen and oxygen atoms in total. The summed E-state index contributed by atoms with van der Waals surface area (Å²) in [5, 5.41) is 76.6. The van der Waals surface area contributed by atoms with E-state index < -0.39 is 110 Å². The molecule has 0 spiro atoms. The number of aliphatic imine (C=N–C) groups is 2. The van der Waals surface area contributed by atoms with Crippen molar-refractivity contribution in [3.8, 4) is 0 Å². The molecule has 0 unspecified atom stereocenters. The van der Waals surface area contributed by atoms with Gasteiger partial charge in [0.2, 0.25) is 0 Å². The van der Waals surface area contributed by atoms with E-state index in [0.717, 1.165) is 0 Å². The smallest absolute Gasteiger partial charge is 0.188 e. The third-order valence-corrected chi connectivity index (χ3v) is 7.34. The fourth-order valence-corrected chi connectivity index (χ4v) is 5.08. The summed E-state index contributed by atoms with van der Waals surface area (Å²) in [6.45, 7) is 0.620. The molecule has 3 rings (SSSR count). The Kier molecular flexibility index (Phi) is 10.2. The van der Waals surface area contributed by atoms with E-state index in [4.69, 9.17) is 41.9 Å². The average molecular weight is 582 g/mol. The van der Waals surface area contributed by atoms with Crippen LogP contribution in [0, 0.1) is 0 Å². The number of carbonyl (C=O) groups is 1. The first-order valence-electron chi connectivity index (χ1n) is 12.4. The van der Waals surface area contributed by atoms with Gasteiger partial charge in [-0.05, 0) is 14.0 Å². The molecule has 2 heterocycles. The molecule has 1 saturated carbocycles. The van der Waals surface area contributed by atoms with Crippen LogP contribution < -0.4 is 28.3 Å². The molecule has 0 aromatic heterocycles. The Morgan fingerprint density at radius 1 is 0.900 bits per heavy atom. The van der Waals surface area contributed by atoms with E-state index in [-0.39, 0.29) is 6.29 Å². The zero-order valence-corrected chi connectivity index (χ0v) is 21.7. The minimum atomic E-state index is -2.38. The van der Waals surface area contributed by atoms with Crippen LogP contribution in [0.1, 0.15) is 6.92 Å². The third kappa shape index (κ3) is 6.00. The average Bonchev–Trinajstić information content (AvgIpc) is 3.13. The van der Waals surface area contributed by atoms with Gasteiger partial charge < -0.3 is 82.9 Å². The summed E-state index contributed by atoms with van der Waals surface area (Å²) in [6.07, 6.45) is -17.3. The minimum absolute atomic E-state index is 0.140. The number of aliphatic hydroxyl groups is 7. The van der Waals surface area contributed by atoms with Gasteiger partial charge in [0.25, 0.3) is 0 Å². The number of aliphatic hydroxyl groups excluding tert-OH is 6. The normalized spacial score (nSPS) is 47.4. The highest BCUT2D eigenvalue weighted by Gasteiger charge is 2.60. The number of carbonyl (C=O) groups excluding carboxylic acids is 1. The molecule has 16 N–H and O–H groups in total. The molecule has 0 aromatic carbocycles. The van der Waals surface area contributed by atoms with E-state index in [0.29, 0.717) is 0 Å². The Hall–Kier alpha value is -2.27. The van der Waals surface area contributed by atoms with Crippen molar-refractivity contribution in [2.24, 2.45) is 32.9 Å². The van der Waals surface area contributed by atoms with Gasteiger partial charge in [-0.2, -0.15) is 0 Å². The Balaban J connectivity index is 1.96. The maximum absolute atomic E-state index is 12.1. The van der Waals surface area contributed by atoms with Crippen LogP contribution in [0.15, 0.2) is 9.98 Å². The fraction of sp³-hybridized carbons (Fsp3) is 0.857. The monoisotopic (exact) mass is 581 g/mol. The van der Waals surface area contributed by atoms with Crippen LogP contribution in [0.5, 0.6) is 0 Å². The Labute approximate surface area is 228 Å². The van der Waals surface area contributed by atoms with Crippen LogP contribution in [0.25, 0.3) is 0 Å². The summed E-state index contributed by atoms with van der Waals surface area (Å²) in [6, 6.07) is -4.08. The molecular weight excluding hydrogens is 542 g/mol. The van der Waals surface area contributed by atoms with Crippen LogP contribution in [-0.4, -0.2) is 159 Å². The SMILES string of the molecule is CN[C@@H]1[C@@H](O[C@H]2[C@H](O[C@H]3[C@H](O)[C@@H](O)[C@H](N=C(N)N)[C@@H](O)[C@@H]3N=C(N)N)O[C@@H](C)[C@]2(O)C=O)O[C@@H](CO)[C@H](O)[C@H]1O. The lowest BCUT2D eigenvalue weighted by molar-refractivity contribution is -0.314. The van der Waals surface area contributed by atoms with Crippen molar-refractivity contribution in [3.63, 3.8) is 0 Å². The van der Waals surface area contributed by atoms with Crippen LogP contribution in [0.2, 0.25) is 0 Å². The molecule has 0 aromatic rings. The molecule has 1 aliphatic carbocycles. The van der Waals surface area contributed by atoms with Crippen molar-refractivity contribution in [2.75, 3.05) is 13.7 Å². The highest BCUT2D eigenvalue weighted by molar-refractivity contribution is 5.76. The van der Waals surface area contributed by atoms with Crippen molar-refractivity contribution in [1.82, 2.24) is 5.32 Å². The summed E-state index contributed by atoms with van der Waals surface area (Å²) in [4.78, 5) is 19.7. The van der Waals surface area contributed by atoms with Crippen LogP contribution in [-0.2, 0) is 23.7 Å². The summed E-state index contributed by atoms with van der Waals surface area (Å²) in [5.41, 5.74) is 19.4. The molecule has 0 radical (unpaired) electrons. The van der Waals surface area contributed by atoms with E-state index in [1.807, 2.05) is 0 Å². The van der Waals surface area contributed by atoms with Crippen molar-refractivity contribution in [2.45, 2.75) is 98.2 Å². The topological polar surface area (TPSA) is 336 Å². The number of nitrogens with one attached hydrogen (secondary N) is 1. The predicted octanol–water partition coefficient (Wildman–Crippen LogP) is -8.16. The fourth-order valence-electron chi connectivity index (χ4n) is 5.08. The highest BCUT2D eigenvalue weighted by atomic mass is 16.8. The first-order valence-corrected chi connectivity index (χ1v) is 12.4. The number of nitrogens with two attached hydrogens (primary N) is 4. The lowest BCUT2D eigenvalue weighted by atomic mass is 9.81. The molecule has 0 bridgehead atoms. The molecule has 3 aliphatic rings. The number of hydrogen-bond donors (Lipinski definition) is 12. The number of hydrogen-bond acceptors (Lipinski definition) is 15. The van der Waals surface area contributed by atoms with Gasteiger partial charge in [0.1, 0.15) is 60.9 Å². The van der Waals surface area contributed by atoms with Gasteiger partial charge in [0.15, 0.2) is 36.4 Å². The molecule has 230 valence electrons. The molecule has 15 atom stereocenters. The third-order valence-electron chi connectivity index (χ3n) is 7.34. The lowest BCUT2D eigenvalue weighted by Crippen LogP contribution is -2.66. The van der Waals surface area contributed by atoms with E-state index in [1.165, 1.54) is 14.0 Å². The largest absolute Gasteiger partial charge is 0.394 e. The molecule has 2 aliphatic heterocycles. The van der Waals surface area contributed by atoms with Gasteiger partial charge in [-0.25, -0.2) is 9.98 Å². The summed E-state index contributed by atoms with van der Waals surface area (Å²) in [7, 11) is 1.42. The van der Waals surface area contributed by atoms with Crippen molar-refractivity contribution < 1.29 is 59.5 Å². The number of guanidine groups is 2. The van der Waals surface area contributed by atoms with Gasteiger partial charge in [0, 0.05) is 0 Å². The zero-order valence-electron chi connectivity index (χ0n) is 21.7. The Bertz CT molecular complexity index is 940. The maximum Gasteiger partial charge on any atom is 0.188 e. The lowest BCUT2D eigenvalue weighted by Gasteiger charge is -2.45. The Morgan fingerprint density at radius 2 is 1.50 bits per heavy atom. The summed E-state index contributed by atoms with van der Waals surface area (Å²) >= 11 is 0. The van der Waals surface area contributed by atoms with Crippen LogP contribution in [0.3, 0.4) is 0 Å². The van der Waals surface area contributed by atoms with Gasteiger partial charge in [-0.1, -0.05) is 0 Å². The molecule has 2 saturated heterocycles. The number of aldehydes is 1. The van der Waals surface area contributed by atoms with Crippen LogP contribution in [0.4, 0.5) is 0 Å². The molecule has 3 fully saturated rings. The summed E-state index contributed by atoms with van der Waals surface area (Å²) in [5.74, 6) is -1.03. The first kappa shape index (κ1) is 32.2. The van der Waals surface area contributed by atoms with E-state index in [9.17, 15) is 40.5 Å². The zero-order chi connectivity index (χ0) is 30.1. The van der Waals surface area contributed by atoms with Gasteiger partial charge >= 0.3 is 0 Å². The molecule has 0 amide bonds. The standard InChI is InChI=1S/C21H39N7O12/c1-5-21(36,4-30)16(40-17-9(26-2)13(34)10(31)6(3-29)38-17)18(37-5)39-15-8(28-20(24)25)11(32)7(27-19(22)23)12(33)14(15)35/h4-18,26,29,31-36H,3H2,1-2H3,(H4,22,23,27)(H4,24,25,28)/t5-,6-,7+,8-,9-,10-,11+,12-,13-,14+,15+,16-,17+,18-,21+/m0/s1. The van der Waals surface area contributed by atoms with Crippen LogP contribution >= 0.6 is 0 Å². The van der Waals surface area contributed by atoms with Gasteiger partial charge in [-0.15, -0.1) is 0 Å². The minimum Gasteiger partial charge on any atom is -0.394 e. The predicted molar refractivity (Wildman–Crippen MR) is 133 cm³/mol. The quantitative estimate of drug-likeness (QED) is 0.0682. The maximum atomic E-state index is 12.1. The molecule has 19 heteroatoms. The second kappa shape index (κ2) is 12.7. The number of rotatable bonds is 9. The van der Waals surface area contributed by atoms with E-state index >= 15 is 0 Å². The van der Waals surface area contributed by atoms with Gasteiger partial charge in [0.05, 0.1) is 18.8 Å². The number of ether oxygens (including phenoxy) is 4. The molecular formula is C21H39N7O12. The van der Waals surface area contributed by atoms with Gasteiger partial charge in [-0.3, -0.25) is 4.79 Å². The number of likely N-dealkylation sites (N-methyl/N-ethyl adjacent to an activating group) is 1. The number of nitrogens with zero attached hydrogens (tertiary/aromatic N) is 2. The first-order chi connectivity index (χ1) is 18.7.